The van der Waals surface area contributed by atoms with Gasteiger partial charge in [-0.15, -0.1) is 0 Å². The van der Waals surface area contributed by atoms with Gasteiger partial charge in [-0.25, -0.2) is 4.39 Å². The zero-order chi connectivity index (χ0) is 17.8. The lowest BCUT2D eigenvalue weighted by molar-refractivity contribution is -0.143. The second kappa shape index (κ2) is 7.82. The average Bonchev–Trinajstić information content (AvgIpc) is 3.09. The van der Waals surface area contributed by atoms with Gasteiger partial charge in [-0.1, -0.05) is 0 Å². The Bertz CT molecular complexity index is 614. The summed E-state index contributed by atoms with van der Waals surface area (Å²) in [6.45, 7) is 3.98. The molecule has 0 unspecified atom stereocenters. The van der Waals surface area contributed by atoms with Crippen LogP contribution in [0.4, 0.5) is 10.1 Å². The van der Waals surface area contributed by atoms with E-state index < -0.39 is 12.0 Å². The molecule has 2 saturated heterocycles. The molecule has 2 fully saturated rings. The molecule has 2 heterocycles. The van der Waals surface area contributed by atoms with Gasteiger partial charge >= 0.3 is 5.97 Å². The first-order chi connectivity index (χ1) is 12.0. The first-order valence-corrected chi connectivity index (χ1v) is 8.80. The SMILES string of the molecule is O=C(O)[C@H]1CCCN1CCC(=O)N1CCN(c2ccc(F)cc2)CC1. The monoisotopic (exact) mass is 349 g/mol. The number of amides is 1. The molecule has 2 aliphatic heterocycles. The molecule has 0 aliphatic carbocycles. The number of carboxylic acids is 1. The number of likely N-dealkylation sites (tertiary alicyclic amines) is 1. The number of anilines is 1. The van der Waals surface area contributed by atoms with Gasteiger partial charge in [0.05, 0.1) is 0 Å². The van der Waals surface area contributed by atoms with E-state index in [2.05, 4.69) is 4.90 Å². The van der Waals surface area contributed by atoms with Crippen molar-refractivity contribution in [1.82, 2.24) is 9.80 Å². The second-order valence-corrected chi connectivity index (χ2v) is 6.63. The molecule has 1 aromatic rings. The molecular formula is C18H24FN3O3. The summed E-state index contributed by atoms with van der Waals surface area (Å²) in [6, 6.07) is 5.96. The van der Waals surface area contributed by atoms with Crippen molar-refractivity contribution in [2.75, 3.05) is 44.2 Å². The van der Waals surface area contributed by atoms with Gasteiger partial charge in [0.25, 0.3) is 0 Å². The van der Waals surface area contributed by atoms with E-state index in [0.717, 1.165) is 31.7 Å². The fraction of sp³-hybridized carbons (Fsp3) is 0.556. The topological polar surface area (TPSA) is 64.1 Å². The molecule has 136 valence electrons. The Balaban J connectivity index is 1.45. The molecule has 1 amide bonds. The van der Waals surface area contributed by atoms with Gasteiger partial charge in [-0.3, -0.25) is 14.5 Å². The highest BCUT2D eigenvalue weighted by atomic mass is 19.1. The van der Waals surface area contributed by atoms with Gasteiger partial charge in [0, 0.05) is 44.8 Å². The normalized spacial score (nSPS) is 21.6. The lowest BCUT2D eigenvalue weighted by atomic mass is 10.2. The van der Waals surface area contributed by atoms with E-state index >= 15 is 0 Å². The zero-order valence-electron chi connectivity index (χ0n) is 14.2. The van der Waals surface area contributed by atoms with Crippen LogP contribution in [0.2, 0.25) is 0 Å². The molecule has 0 aromatic heterocycles. The highest BCUT2D eigenvalue weighted by Crippen LogP contribution is 2.19. The van der Waals surface area contributed by atoms with Crippen molar-refractivity contribution >= 4 is 17.6 Å². The number of carbonyl (C=O) groups excluding carboxylic acids is 1. The summed E-state index contributed by atoms with van der Waals surface area (Å²) >= 11 is 0. The van der Waals surface area contributed by atoms with Crippen molar-refractivity contribution in [2.45, 2.75) is 25.3 Å². The minimum absolute atomic E-state index is 0.0785. The highest BCUT2D eigenvalue weighted by molar-refractivity contribution is 5.77. The van der Waals surface area contributed by atoms with Gasteiger partial charge in [0.1, 0.15) is 11.9 Å². The van der Waals surface area contributed by atoms with Gasteiger partial charge in [-0.05, 0) is 43.7 Å². The van der Waals surface area contributed by atoms with Crippen LogP contribution in [0.25, 0.3) is 0 Å². The Labute approximate surface area is 146 Å². The fourth-order valence-electron chi connectivity index (χ4n) is 3.64. The first kappa shape index (κ1) is 17.7. The lowest BCUT2D eigenvalue weighted by Gasteiger charge is -2.36. The van der Waals surface area contributed by atoms with E-state index in [1.165, 1.54) is 12.1 Å². The molecule has 0 spiro atoms. The van der Waals surface area contributed by atoms with Crippen LogP contribution in [0.15, 0.2) is 24.3 Å². The molecule has 0 radical (unpaired) electrons. The number of benzene rings is 1. The van der Waals surface area contributed by atoms with Crippen LogP contribution in [0, 0.1) is 5.82 Å². The summed E-state index contributed by atoms with van der Waals surface area (Å²) in [6.07, 6.45) is 1.90. The van der Waals surface area contributed by atoms with Crippen molar-refractivity contribution in [1.29, 1.82) is 0 Å². The molecule has 25 heavy (non-hydrogen) atoms. The quantitative estimate of drug-likeness (QED) is 0.871. The molecule has 1 N–H and O–H groups in total. The van der Waals surface area contributed by atoms with Crippen molar-refractivity contribution in [3.63, 3.8) is 0 Å². The Morgan fingerprint density at radius 2 is 1.76 bits per heavy atom. The molecule has 7 heteroatoms. The predicted octanol–water partition coefficient (Wildman–Crippen LogP) is 1.41. The van der Waals surface area contributed by atoms with Gasteiger partial charge in [0.2, 0.25) is 5.91 Å². The third-order valence-electron chi connectivity index (χ3n) is 5.09. The molecular weight excluding hydrogens is 325 g/mol. The summed E-state index contributed by atoms with van der Waals surface area (Å²) in [5, 5.41) is 9.19. The van der Waals surface area contributed by atoms with E-state index in [-0.39, 0.29) is 11.7 Å². The summed E-state index contributed by atoms with van der Waals surface area (Å²) in [7, 11) is 0. The smallest absolute Gasteiger partial charge is 0.320 e. The molecule has 1 aromatic carbocycles. The molecule has 6 nitrogen and oxygen atoms in total. The molecule has 0 bridgehead atoms. The van der Waals surface area contributed by atoms with Crippen LogP contribution < -0.4 is 4.90 Å². The number of aliphatic carboxylic acids is 1. The third kappa shape index (κ3) is 4.28. The maximum absolute atomic E-state index is 13.0. The number of hydrogen-bond donors (Lipinski definition) is 1. The third-order valence-corrected chi connectivity index (χ3v) is 5.09. The maximum Gasteiger partial charge on any atom is 0.320 e. The number of hydrogen-bond acceptors (Lipinski definition) is 4. The van der Waals surface area contributed by atoms with Crippen LogP contribution in [-0.2, 0) is 9.59 Å². The van der Waals surface area contributed by atoms with E-state index in [0.29, 0.717) is 32.5 Å². The van der Waals surface area contributed by atoms with Crippen molar-refractivity contribution in [3.05, 3.63) is 30.1 Å². The Morgan fingerprint density at radius 1 is 1.08 bits per heavy atom. The first-order valence-electron chi connectivity index (χ1n) is 8.80. The van der Waals surface area contributed by atoms with E-state index in [1.54, 1.807) is 12.1 Å². The number of halogens is 1. The number of carbonyl (C=O) groups is 2. The largest absolute Gasteiger partial charge is 0.480 e. The van der Waals surface area contributed by atoms with Gasteiger partial charge in [-0.2, -0.15) is 0 Å². The number of piperazine rings is 1. The predicted molar refractivity (Wildman–Crippen MR) is 92.0 cm³/mol. The summed E-state index contributed by atoms with van der Waals surface area (Å²) < 4.78 is 13.0. The fourth-order valence-corrected chi connectivity index (χ4v) is 3.64. The van der Waals surface area contributed by atoms with Crippen LogP contribution >= 0.6 is 0 Å². The van der Waals surface area contributed by atoms with Gasteiger partial charge in [0.15, 0.2) is 0 Å². The summed E-state index contributed by atoms with van der Waals surface area (Å²) in [5.41, 5.74) is 0.967. The van der Waals surface area contributed by atoms with Crippen molar-refractivity contribution < 1.29 is 19.1 Å². The molecule has 1 atom stereocenters. The Kier molecular flexibility index (Phi) is 5.53. The summed E-state index contributed by atoms with van der Waals surface area (Å²) in [4.78, 5) is 29.5. The molecule has 3 rings (SSSR count). The minimum atomic E-state index is -0.794. The van der Waals surface area contributed by atoms with E-state index in [9.17, 15) is 19.1 Å². The molecule has 0 saturated carbocycles. The van der Waals surface area contributed by atoms with Gasteiger partial charge < -0.3 is 14.9 Å². The van der Waals surface area contributed by atoms with E-state index in [1.807, 2.05) is 9.80 Å². The molecule has 2 aliphatic rings. The Morgan fingerprint density at radius 3 is 2.40 bits per heavy atom. The van der Waals surface area contributed by atoms with Crippen LogP contribution in [0.3, 0.4) is 0 Å². The number of rotatable bonds is 5. The van der Waals surface area contributed by atoms with Crippen molar-refractivity contribution in [2.24, 2.45) is 0 Å². The Hall–Kier alpha value is -2.15. The van der Waals surface area contributed by atoms with Crippen LogP contribution in [-0.4, -0.2) is 72.1 Å². The lowest BCUT2D eigenvalue weighted by Crippen LogP contribution is -2.49. The standard InChI is InChI=1S/C18H24FN3O3/c19-14-3-5-15(6-4-14)20-10-12-22(13-11-20)17(23)7-9-21-8-1-2-16(21)18(24)25/h3-6,16H,1-2,7-13H2,(H,24,25)/t16-/m1/s1. The highest BCUT2D eigenvalue weighted by Gasteiger charge is 2.31. The second-order valence-electron chi connectivity index (χ2n) is 6.63. The minimum Gasteiger partial charge on any atom is -0.480 e. The zero-order valence-corrected chi connectivity index (χ0v) is 14.2. The van der Waals surface area contributed by atoms with Crippen LogP contribution in [0.5, 0.6) is 0 Å². The van der Waals surface area contributed by atoms with E-state index in [4.69, 9.17) is 0 Å². The summed E-state index contributed by atoms with van der Waals surface area (Å²) in [5.74, 6) is -0.966. The number of carboxylic acid groups (broad SMARTS) is 1. The van der Waals surface area contributed by atoms with Crippen LogP contribution in [0.1, 0.15) is 19.3 Å². The average molecular weight is 349 g/mol. The number of nitrogens with zero attached hydrogens (tertiary/aromatic N) is 3. The van der Waals surface area contributed by atoms with Crippen molar-refractivity contribution in [3.8, 4) is 0 Å². The maximum atomic E-state index is 13.0.